The molecule has 0 fully saturated rings. The number of carboxylic acids is 1. The lowest BCUT2D eigenvalue weighted by molar-refractivity contribution is -0.140. The first kappa shape index (κ1) is 15.0. The Hall–Kier alpha value is -2.01. The average molecular weight is 285 g/mol. The Balaban J connectivity index is 2.81. The van der Waals surface area contributed by atoms with Crippen LogP contribution in [0, 0.1) is 0 Å². The van der Waals surface area contributed by atoms with Crippen LogP contribution in [0.1, 0.15) is 12.0 Å². The summed E-state index contributed by atoms with van der Waals surface area (Å²) >= 11 is 5.81. The number of carbonyl (C=O) groups is 2. The molecule has 0 aliphatic heterocycles. The van der Waals surface area contributed by atoms with E-state index in [0.29, 0.717) is 16.3 Å². The molecule has 102 valence electrons. The number of methoxy groups -OCH3 is 1. The van der Waals surface area contributed by atoms with Crippen LogP contribution in [0.3, 0.4) is 0 Å². The van der Waals surface area contributed by atoms with E-state index in [0.717, 1.165) is 0 Å². The van der Waals surface area contributed by atoms with Crippen molar-refractivity contribution in [3.8, 4) is 5.75 Å². The Labute approximate surface area is 115 Å². The number of benzene rings is 1. The smallest absolute Gasteiger partial charge is 0.341 e. The first-order valence-electron chi connectivity index (χ1n) is 5.40. The molecule has 0 heterocycles. The lowest BCUT2D eigenvalue weighted by atomic mass is 10.1. The van der Waals surface area contributed by atoms with Gasteiger partial charge in [0.1, 0.15) is 5.75 Å². The van der Waals surface area contributed by atoms with Crippen molar-refractivity contribution in [3.05, 3.63) is 34.9 Å². The first-order chi connectivity index (χ1) is 9.02. The number of ether oxygens (including phenoxy) is 2. The van der Waals surface area contributed by atoms with Gasteiger partial charge in [-0.3, -0.25) is 4.79 Å². The summed E-state index contributed by atoms with van der Waals surface area (Å²) in [7, 11) is 1.31. The monoisotopic (exact) mass is 284 g/mol. The predicted octanol–water partition coefficient (Wildman–Crippen LogP) is 2.38. The van der Waals surface area contributed by atoms with E-state index in [4.69, 9.17) is 21.4 Å². The van der Waals surface area contributed by atoms with Gasteiger partial charge in [0.25, 0.3) is 0 Å². The molecule has 0 unspecified atom stereocenters. The zero-order valence-corrected chi connectivity index (χ0v) is 11.0. The highest BCUT2D eigenvalue weighted by molar-refractivity contribution is 6.30. The van der Waals surface area contributed by atoms with Crippen molar-refractivity contribution in [2.24, 2.45) is 0 Å². The molecule has 0 atom stereocenters. The summed E-state index contributed by atoms with van der Waals surface area (Å²) in [6.07, 6.45) is 3.37. The van der Waals surface area contributed by atoms with Gasteiger partial charge in [0.05, 0.1) is 13.5 Å². The van der Waals surface area contributed by atoms with E-state index in [1.807, 2.05) is 0 Å². The molecule has 1 aromatic rings. The quantitative estimate of drug-likeness (QED) is 0.812. The van der Waals surface area contributed by atoms with Crippen LogP contribution in [0.25, 0.3) is 6.08 Å². The highest BCUT2D eigenvalue weighted by Gasteiger charge is 2.05. The third-order valence-corrected chi connectivity index (χ3v) is 2.37. The maximum atomic E-state index is 11.0. The van der Waals surface area contributed by atoms with Gasteiger partial charge in [0.15, 0.2) is 6.61 Å². The number of aliphatic carboxylic acids is 1. The van der Waals surface area contributed by atoms with Crippen LogP contribution >= 0.6 is 11.6 Å². The van der Waals surface area contributed by atoms with Crippen molar-refractivity contribution in [1.82, 2.24) is 0 Å². The Morgan fingerprint density at radius 3 is 2.79 bits per heavy atom. The van der Waals surface area contributed by atoms with E-state index in [1.165, 1.54) is 13.2 Å². The summed E-state index contributed by atoms with van der Waals surface area (Å²) in [5.74, 6) is -1.10. The van der Waals surface area contributed by atoms with Gasteiger partial charge in [-0.2, -0.15) is 0 Å². The zero-order valence-electron chi connectivity index (χ0n) is 10.3. The van der Waals surface area contributed by atoms with Gasteiger partial charge in [0.2, 0.25) is 0 Å². The van der Waals surface area contributed by atoms with E-state index >= 15 is 0 Å². The SMILES string of the molecule is COC(=O)CC=Cc1ccc(Cl)cc1OCC(=O)O. The van der Waals surface area contributed by atoms with E-state index in [-0.39, 0.29) is 12.4 Å². The van der Waals surface area contributed by atoms with Crippen LogP contribution < -0.4 is 4.74 Å². The Bertz CT molecular complexity index is 496. The molecule has 0 aliphatic carbocycles. The molecule has 0 radical (unpaired) electrons. The van der Waals surface area contributed by atoms with Crippen molar-refractivity contribution in [2.75, 3.05) is 13.7 Å². The fourth-order valence-corrected chi connectivity index (χ4v) is 1.44. The summed E-state index contributed by atoms with van der Waals surface area (Å²) in [5, 5.41) is 9.01. The zero-order chi connectivity index (χ0) is 14.3. The summed E-state index contributed by atoms with van der Waals surface area (Å²) in [6.45, 7) is -0.460. The molecule has 0 saturated carbocycles. The summed E-state index contributed by atoms with van der Waals surface area (Å²) in [5.41, 5.74) is 0.634. The van der Waals surface area contributed by atoms with Gasteiger partial charge < -0.3 is 14.6 Å². The fraction of sp³-hybridized carbons (Fsp3) is 0.231. The third-order valence-electron chi connectivity index (χ3n) is 2.14. The van der Waals surface area contributed by atoms with Gasteiger partial charge in [-0.15, -0.1) is 0 Å². The number of hydrogen-bond donors (Lipinski definition) is 1. The molecule has 0 spiro atoms. The van der Waals surface area contributed by atoms with Gasteiger partial charge in [-0.05, 0) is 18.2 Å². The Morgan fingerprint density at radius 2 is 2.16 bits per heavy atom. The molecule has 0 aliphatic rings. The number of halogens is 1. The minimum Gasteiger partial charge on any atom is -0.481 e. The molecule has 0 aromatic heterocycles. The van der Waals surface area contributed by atoms with Crippen molar-refractivity contribution < 1.29 is 24.2 Å². The van der Waals surface area contributed by atoms with Crippen LogP contribution in [0.4, 0.5) is 0 Å². The van der Waals surface area contributed by atoms with Crippen LogP contribution in [-0.4, -0.2) is 30.8 Å². The van der Waals surface area contributed by atoms with E-state index in [1.54, 1.807) is 24.3 Å². The number of rotatable bonds is 6. The molecule has 6 heteroatoms. The second kappa shape index (κ2) is 7.43. The normalized spacial score (nSPS) is 10.4. The van der Waals surface area contributed by atoms with Crippen molar-refractivity contribution in [3.63, 3.8) is 0 Å². The molecule has 0 saturated heterocycles. The first-order valence-corrected chi connectivity index (χ1v) is 5.78. The van der Waals surface area contributed by atoms with Crippen LogP contribution in [0.2, 0.25) is 5.02 Å². The highest BCUT2D eigenvalue weighted by atomic mass is 35.5. The lowest BCUT2D eigenvalue weighted by Crippen LogP contribution is -2.10. The predicted molar refractivity (Wildman–Crippen MR) is 70.2 cm³/mol. The minimum atomic E-state index is -1.08. The lowest BCUT2D eigenvalue weighted by Gasteiger charge is -2.07. The Kier molecular flexibility index (Phi) is 5.89. The number of carboxylic acid groups (broad SMARTS) is 1. The molecule has 5 nitrogen and oxygen atoms in total. The standard InChI is InChI=1S/C13H13ClO5/c1-18-13(17)4-2-3-9-5-6-10(14)7-11(9)19-8-12(15)16/h2-3,5-7H,4,8H2,1H3,(H,15,16). The summed E-state index contributed by atoms with van der Waals surface area (Å²) < 4.78 is 9.61. The summed E-state index contributed by atoms with van der Waals surface area (Å²) in [6, 6.07) is 4.84. The number of esters is 1. The minimum absolute atomic E-state index is 0.123. The van der Waals surface area contributed by atoms with Gasteiger partial charge >= 0.3 is 11.9 Å². The molecular formula is C13H13ClO5. The summed E-state index contributed by atoms with van der Waals surface area (Å²) in [4.78, 5) is 21.4. The number of hydrogen-bond acceptors (Lipinski definition) is 4. The molecular weight excluding hydrogens is 272 g/mol. The molecule has 1 rings (SSSR count). The second-order valence-electron chi connectivity index (χ2n) is 3.55. The largest absolute Gasteiger partial charge is 0.481 e. The fourth-order valence-electron chi connectivity index (χ4n) is 1.28. The second-order valence-corrected chi connectivity index (χ2v) is 3.98. The van der Waals surface area contributed by atoms with Crippen LogP contribution in [0.15, 0.2) is 24.3 Å². The molecule has 0 amide bonds. The van der Waals surface area contributed by atoms with Crippen molar-refractivity contribution in [1.29, 1.82) is 0 Å². The van der Waals surface area contributed by atoms with Crippen molar-refractivity contribution >= 4 is 29.6 Å². The molecule has 1 N–H and O–H groups in total. The van der Waals surface area contributed by atoms with Crippen LogP contribution in [-0.2, 0) is 14.3 Å². The Morgan fingerprint density at radius 1 is 1.42 bits per heavy atom. The van der Waals surface area contributed by atoms with Gasteiger partial charge in [-0.25, -0.2) is 4.79 Å². The van der Waals surface area contributed by atoms with Crippen molar-refractivity contribution in [2.45, 2.75) is 6.42 Å². The van der Waals surface area contributed by atoms with Crippen LogP contribution in [0.5, 0.6) is 5.75 Å². The average Bonchev–Trinajstić information content (AvgIpc) is 2.38. The molecule has 1 aromatic carbocycles. The molecule has 0 bridgehead atoms. The van der Waals surface area contributed by atoms with Gasteiger partial charge in [-0.1, -0.05) is 23.8 Å². The topological polar surface area (TPSA) is 72.8 Å². The molecule has 19 heavy (non-hydrogen) atoms. The number of carbonyl (C=O) groups excluding carboxylic acids is 1. The third kappa shape index (κ3) is 5.44. The van der Waals surface area contributed by atoms with E-state index in [9.17, 15) is 9.59 Å². The maximum Gasteiger partial charge on any atom is 0.341 e. The highest BCUT2D eigenvalue weighted by Crippen LogP contribution is 2.24. The van der Waals surface area contributed by atoms with E-state index < -0.39 is 12.6 Å². The van der Waals surface area contributed by atoms with Gasteiger partial charge in [0, 0.05) is 10.6 Å². The maximum absolute atomic E-state index is 11.0. The van der Waals surface area contributed by atoms with E-state index in [2.05, 4.69) is 4.74 Å².